The van der Waals surface area contributed by atoms with Gasteiger partial charge in [0, 0.05) is 5.92 Å². The summed E-state index contributed by atoms with van der Waals surface area (Å²) in [4.78, 5) is 11.5. The number of rotatable bonds is 6. The van der Waals surface area contributed by atoms with Crippen molar-refractivity contribution < 1.29 is 4.79 Å². The molecule has 0 aromatic heterocycles. The van der Waals surface area contributed by atoms with Crippen LogP contribution in [0, 0.1) is 52.3 Å². The van der Waals surface area contributed by atoms with Gasteiger partial charge in [-0.2, -0.15) is 0 Å². The Hall–Kier alpha value is -0.330. The molecular weight excluding hydrogens is 292 g/mol. The molecule has 2 aliphatic rings. The minimum Gasteiger partial charge on any atom is -0.303 e. The fourth-order valence-corrected chi connectivity index (χ4v) is 6.06. The van der Waals surface area contributed by atoms with E-state index in [9.17, 15) is 4.79 Å². The molecule has 0 saturated heterocycles. The van der Waals surface area contributed by atoms with E-state index in [1.165, 1.54) is 38.4 Å². The summed E-state index contributed by atoms with van der Waals surface area (Å²) in [5.41, 5.74) is 0.690. The van der Waals surface area contributed by atoms with Crippen LogP contribution < -0.4 is 0 Å². The van der Waals surface area contributed by atoms with Gasteiger partial charge in [0.05, 0.1) is 0 Å². The summed E-state index contributed by atoms with van der Waals surface area (Å²) in [5, 5.41) is 0. The first-order valence-corrected chi connectivity index (χ1v) is 10.4. The van der Waals surface area contributed by atoms with E-state index < -0.39 is 0 Å². The lowest BCUT2D eigenvalue weighted by atomic mass is 9.58. The molecule has 6 unspecified atom stereocenters. The third-order valence-electron chi connectivity index (χ3n) is 7.17. The summed E-state index contributed by atoms with van der Waals surface area (Å²) in [6, 6.07) is 0. The molecule has 6 atom stereocenters. The lowest BCUT2D eigenvalue weighted by Gasteiger charge is -2.47. The Balaban J connectivity index is 2.21. The zero-order valence-corrected chi connectivity index (χ0v) is 17.6. The van der Waals surface area contributed by atoms with Gasteiger partial charge in [-0.15, -0.1) is 0 Å². The molecule has 0 heterocycles. The highest BCUT2D eigenvalue weighted by Crippen LogP contribution is 2.56. The first-order valence-electron chi connectivity index (χ1n) is 10.4. The van der Waals surface area contributed by atoms with Crippen LogP contribution in [0.3, 0.4) is 0 Å². The van der Waals surface area contributed by atoms with E-state index in [1.54, 1.807) is 0 Å². The highest BCUT2D eigenvalue weighted by molar-refractivity contribution is 5.55. The quantitative estimate of drug-likeness (QED) is 0.499. The van der Waals surface area contributed by atoms with E-state index >= 15 is 0 Å². The third kappa shape index (κ3) is 4.44. The van der Waals surface area contributed by atoms with Crippen molar-refractivity contribution in [2.75, 3.05) is 0 Å². The standard InChI is InChI=1S/C23H42O/c1-15(2)9-20(22(3,4)5)21(23(6,7)8)13-17-10-16-11-18(14-24)19(17)12-16/h14-21H,9-13H2,1-8H3. The number of carbonyl (C=O) groups excluding carboxylic acids is 1. The summed E-state index contributed by atoms with van der Waals surface area (Å²) >= 11 is 0. The SMILES string of the molecule is CC(C)CC(C(CC1CC2CC(C=O)C1C2)C(C)(C)C)C(C)(C)C. The Morgan fingerprint density at radius 2 is 1.50 bits per heavy atom. The average Bonchev–Trinajstić information content (AvgIpc) is 2.99. The molecule has 2 fully saturated rings. The van der Waals surface area contributed by atoms with E-state index in [-0.39, 0.29) is 0 Å². The molecule has 2 rings (SSSR count). The first kappa shape index (κ1) is 20.0. The molecule has 0 spiro atoms. The molecule has 2 bridgehead atoms. The van der Waals surface area contributed by atoms with Crippen molar-refractivity contribution in [2.24, 2.45) is 52.3 Å². The van der Waals surface area contributed by atoms with Gasteiger partial charge in [-0.05, 0) is 78.4 Å². The molecule has 0 amide bonds. The van der Waals surface area contributed by atoms with Gasteiger partial charge in [0.25, 0.3) is 0 Å². The third-order valence-corrected chi connectivity index (χ3v) is 7.17. The van der Waals surface area contributed by atoms with Crippen LogP contribution in [0.1, 0.15) is 87.5 Å². The second-order valence-electron chi connectivity index (χ2n) is 11.6. The monoisotopic (exact) mass is 334 g/mol. The number of fused-ring (bicyclic) bond motifs is 2. The van der Waals surface area contributed by atoms with E-state index in [2.05, 4.69) is 55.4 Å². The zero-order valence-electron chi connectivity index (χ0n) is 17.6. The van der Waals surface area contributed by atoms with E-state index in [1.807, 2.05) is 0 Å². The molecule has 2 saturated carbocycles. The molecular formula is C23H42O. The van der Waals surface area contributed by atoms with Crippen LogP contribution in [-0.2, 0) is 4.79 Å². The van der Waals surface area contributed by atoms with Crippen molar-refractivity contribution in [3.05, 3.63) is 0 Å². The maximum absolute atomic E-state index is 11.5. The van der Waals surface area contributed by atoms with Crippen LogP contribution in [0.4, 0.5) is 0 Å². The Morgan fingerprint density at radius 1 is 0.917 bits per heavy atom. The van der Waals surface area contributed by atoms with Crippen molar-refractivity contribution in [2.45, 2.75) is 87.5 Å². The molecule has 0 radical (unpaired) electrons. The second kappa shape index (κ2) is 7.12. The van der Waals surface area contributed by atoms with Gasteiger partial charge in [-0.1, -0.05) is 55.4 Å². The van der Waals surface area contributed by atoms with Crippen LogP contribution in [-0.4, -0.2) is 6.29 Å². The fraction of sp³-hybridized carbons (Fsp3) is 0.957. The van der Waals surface area contributed by atoms with Crippen molar-refractivity contribution in [1.29, 1.82) is 0 Å². The van der Waals surface area contributed by atoms with Crippen molar-refractivity contribution in [3.8, 4) is 0 Å². The summed E-state index contributed by atoms with van der Waals surface area (Å²) < 4.78 is 0. The second-order valence-corrected chi connectivity index (χ2v) is 11.6. The normalized spacial score (nSPS) is 33.0. The first-order chi connectivity index (χ1) is 10.9. The number of carbonyl (C=O) groups is 1. The highest BCUT2D eigenvalue weighted by atomic mass is 16.1. The van der Waals surface area contributed by atoms with Gasteiger partial charge < -0.3 is 4.79 Å². The Labute approximate surface area is 151 Å². The van der Waals surface area contributed by atoms with Gasteiger partial charge in [0.15, 0.2) is 0 Å². The van der Waals surface area contributed by atoms with Crippen LogP contribution in [0.2, 0.25) is 0 Å². The Kier molecular flexibility index (Phi) is 5.93. The van der Waals surface area contributed by atoms with Gasteiger partial charge in [0.2, 0.25) is 0 Å². The minimum absolute atomic E-state index is 0.339. The predicted octanol–water partition coefficient (Wildman–Crippen LogP) is 6.61. The topological polar surface area (TPSA) is 17.1 Å². The van der Waals surface area contributed by atoms with Crippen LogP contribution in [0.15, 0.2) is 0 Å². The molecule has 140 valence electrons. The van der Waals surface area contributed by atoms with E-state index in [4.69, 9.17) is 0 Å². The van der Waals surface area contributed by atoms with Gasteiger partial charge >= 0.3 is 0 Å². The predicted molar refractivity (Wildman–Crippen MR) is 104 cm³/mol. The maximum Gasteiger partial charge on any atom is 0.123 e. The molecule has 1 heteroatoms. The lowest BCUT2D eigenvalue weighted by Crippen LogP contribution is -2.39. The molecule has 24 heavy (non-hydrogen) atoms. The molecule has 0 aromatic rings. The van der Waals surface area contributed by atoms with Gasteiger partial charge in [-0.25, -0.2) is 0 Å². The fourth-order valence-electron chi connectivity index (χ4n) is 6.06. The number of hydrogen-bond donors (Lipinski definition) is 0. The number of aldehydes is 1. The van der Waals surface area contributed by atoms with Crippen molar-refractivity contribution in [1.82, 2.24) is 0 Å². The molecule has 0 aliphatic heterocycles. The average molecular weight is 335 g/mol. The van der Waals surface area contributed by atoms with E-state index in [0.717, 1.165) is 29.6 Å². The Morgan fingerprint density at radius 3 is 1.92 bits per heavy atom. The van der Waals surface area contributed by atoms with E-state index in [0.29, 0.717) is 22.7 Å². The largest absolute Gasteiger partial charge is 0.303 e. The zero-order chi connectivity index (χ0) is 18.3. The van der Waals surface area contributed by atoms with Crippen LogP contribution in [0.25, 0.3) is 0 Å². The minimum atomic E-state index is 0.339. The lowest BCUT2D eigenvalue weighted by molar-refractivity contribution is -0.113. The van der Waals surface area contributed by atoms with Crippen molar-refractivity contribution in [3.63, 3.8) is 0 Å². The molecule has 0 aromatic carbocycles. The molecule has 2 aliphatic carbocycles. The Bertz CT molecular complexity index is 422. The summed E-state index contributed by atoms with van der Waals surface area (Å²) in [7, 11) is 0. The van der Waals surface area contributed by atoms with Crippen molar-refractivity contribution >= 4 is 6.29 Å². The van der Waals surface area contributed by atoms with Gasteiger partial charge in [0.1, 0.15) is 6.29 Å². The molecule has 0 N–H and O–H groups in total. The number of hydrogen-bond acceptors (Lipinski definition) is 1. The molecule has 1 nitrogen and oxygen atoms in total. The summed E-state index contributed by atoms with van der Waals surface area (Å²) in [6.45, 7) is 19.4. The highest BCUT2D eigenvalue weighted by Gasteiger charge is 2.49. The summed E-state index contributed by atoms with van der Waals surface area (Å²) in [5.74, 6) is 4.95. The van der Waals surface area contributed by atoms with Gasteiger partial charge in [-0.3, -0.25) is 0 Å². The summed E-state index contributed by atoms with van der Waals surface area (Å²) in [6.07, 6.45) is 7.83. The van der Waals surface area contributed by atoms with Crippen LogP contribution in [0.5, 0.6) is 0 Å². The maximum atomic E-state index is 11.5. The van der Waals surface area contributed by atoms with Crippen LogP contribution >= 0.6 is 0 Å². The smallest absolute Gasteiger partial charge is 0.123 e.